The Morgan fingerprint density at radius 3 is 1.33 bits per heavy atom. The largest absolute Gasteiger partial charge is 0.506 e. The van der Waals surface area contributed by atoms with Crippen molar-refractivity contribution in [2.75, 3.05) is 0 Å². The summed E-state index contributed by atoms with van der Waals surface area (Å²) in [5.74, 6) is 0.404. The van der Waals surface area contributed by atoms with E-state index in [0.29, 0.717) is 17.9 Å². The van der Waals surface area contributed by atoms with E-state index in [1.807, 2.05) is 24.3 Å². The van der Waals surface area contributed by atoms with Crippen molar-refractivity contribution >= 4 is 63.7 Å². The molecule has 0 aliphatic heterocycles. The van der Waals surface area contributed by atoms with Crippen LogP contribution < -0.4 is 0 Å². The highest BCUT2D eigenvalue weighted by atomic mass is 79.9. The van der Waals surface area contributed by atoms with E-state index in [2.05, 4.69) is 77.6 Å². The second-order valence-corrected chi connectivity index (χ2v) is 9.18. The molecule has 0 spiro atoms. The molecule has 0 saturated carbocycles. The molecule has 0 aliphatic rings. The smallest absolute Gasteiger partial charge is 0.143 e. The number of hydrogen-bond acceptors (Lipinski definition) is 2. The van der Waals surface area contributed by atoms with E-state index in [-0.39, 0.29) is 16.9 Å². The van der Waals surface area contributed by atoms with Gasteiger partial charge in [0.05, 0.1) is 17.9 Å². The van der Waals surface area contributed by atoms with Gasteiger partial charge < -0.3 is 10.2 Å². The van der Waals surface area contributed by atoms with Crippen molar-refractivity contribution < 1.29 is 10.2 Å². The third-order valence-corrected chi connectivity index (χ3v) is 6.84. The van der Waals surface area contributed by atoms with Crippen LogP contribution in [0.5, 0.6) is 11.5 Å². The molecular formula is C18H18Br4O2. The van der Waals surface area contributed by atoms with Gasteiger partial charge >= 0.3 is 0 Å². The molecule has 2 nitrogen and oxygen atoms in total. The zero-order valence-electron chi connectivity index (χ0n) is 13.3. The summed E-state index contributed by atoms with van der Waals surface area (Å²) in [7, 11) is 0. The fourth-order valence-corrected chi connectivity index (χ4v) is 5.52. The molecular weight excluding hydrogens is 568 g/mol. The molecule has 0 atom stereocenters. The maximum Gasteiger partial charge on any atom is 0.143 e. The van der Waals surface area contributed by atoms with Crippen molar-refractivity contribution in [2.45, 2.75) is 38.5 Å². The molecule has 2 rings (SSSR count). The van der Waals surface area contributed by atoms with Gasteiger partial charge in [0.25, 0.3) is 0 Å². The molecule has 0 heterocycles. The first-order valence-corrected chi connectivity index (χ1v) is 10.8. The van der Waals surface area contributed by atoms with Crippen LogP contribution in [0.2, 0.25) is 0 Å². The Morgan fingerprint density at radius 1 is 0.750 bits per heavy atom. The quantitative estimate of drug-likeness (QED) is 0.379. The van der Waals surface area contributed by atoms with Gasteiger partial charge in [-0.15, -0.1) is 0 Å². The lowest BCUT2D eigenvalue weighted by Crippen LogP contribution is -2.27. The van der Waals surface area contributed by atoms with Crippen molar-refractivity contribution in [3.05, 3.63) is 53.3 Å². The second-order valence-electron chi connectivity index (χ2n) is 5.76. The summed E-state index contributed by atoms with van der Waals surface area (Å²) >= 11 is 13.8. The number of phenols is 2. The highest BCUT2D eigenvalue weighted by molar-refractivity contribution is 9.11. The van der Waals surface area contributed by atoms with Crippen LogP contribution in [-0.4, -0.2) is 10.2 Å². The van der Waals surface area contributed by atoms with Crippen LogP contribution in [-0.2, 0) is 5.41 Å². The van der Waals surface area contributed by atoms with E-state index in [0.717, 1.165) is 30.4 Å². The topological polar surface area (TPSA) is 40.5 Å². The predicted molar refractivity (Wildman–Crippen MR) is 113 cm³/mol. The lowest BCUT2D eigenvalue weighted by atomic mass is 9.69. The lowest BCUT2D eigenvalue weighted by molar-refractivity contribution is 0.439. The van der Waals surface area contributed by atoms with Gasteiger partial charge in [-0.2, -0.15) is 0 Å². The monoisotopic (exact) mass is 582 g/mol. The lowest BCUT2D eigenvalue weighted by Gasteiger charge is -2.35. The number of hydrogen-bond donors (Lipinski definition) is 2. The summed E-state index contributed by atoms with van der Waals surface area (Å²) in [5, 5.41) is 20.1. The molecule has 6 heteroatoms. The van der Waals surface area contributed by atoms with E-state index in [4.69, 9.17) is 0 Å². The molecule has 0 saturated heterocycles. The molecule has 2 aromatic rings. The van der Waals surface area contributed by atoms with Crippen LogP contribution in [0.15, 0.2) is 42.2 Å². The molecule has 0 bridgehead atoms. The van der Waals surface area contributed by atoms with Gasteiger partial charge in [-0.3, -0.25) is 0 Å². The van der Waals surface area contributed by atoms with Crippen molar-refractivity contribution in [2.24, 2.45) is 0 Å². The fraction of sp³-hybridized carbons (Fsp3) is 0.333. The first kappa shape index (κ1) is 20.3. The number of benzene rings is 2. The molecule has 0 aliphatic carbocycles. The van der Waals surface area contributed by atoms with E-state index < -0.39 is 0 Å². The number of aromatic hydroxyl groups is 2. The van der Waals surface area contributed by atoms with Gasteiger partial charge in [-0.25, -0.2) is 0 Å². The molecule has 0 fully saturated rings. The van der Waals surface area contributed by atoms with Crippen LogP contribution in [0.3, 0.4) is 0 Å². The normalized spacial score (nSPS) is 11.8. The average Bonchev–Trinajstić information content (AvgIpc) is 2.54. The standard InChI is InChI=1S/C18H18Br4O2/c1-3-5-18(4-2,10-6-12(19)16(23)13(20)7-10)11-8-14(21)17(24)15(22)9-11/h6-9,23-24H,3-5H2,1-2H3. The van der Waals surface area contributed by atoms with Gasteiger partial charge in [0, 0.05) is 5.41 Å². The fourth-order valence-electron chi connectivity index (χ4n) is 3.15. The van der Waals surface area contributed by atoms with E-state index >= 15 is 0 Å². The third kappa shape index (κ3) is 3.71. The molecule has 0 radical (unpaired) electrons. The van der Waals surface area contributed by atoms with Crippen molar-refractivity contribution in [1.82, 2.24) is 0 Å². The maximum atomic E-state index is 10.1. The van der Waals surface area contributed by atoms with Gasteiger partial charge in [-0.05, 0) is 112 Å². The van der Waals surface area contributed by atoms with Gasteiger partial charge in [0.2, 0.25) is 0 Å². The van der Waals surface area contributed by atoms with Crippen LogP contribution in [0.4, 0.5) is 0 Å². The molecule has 2 aromatic carbocycles. The Labute approximate surface area is 176 Å². The minimum Gasteiger partial charge on any atom is -0.506 e. The Balaban J connectivity index is 2.76. The second kappa shape index (κ2) is 8.11. The molecule has 0 unspecified atom stereocenters. The van der Waals surface area contributed by atoms with Crippen LogP contribution in [0, 0.1) is 0 Å². The average molecular weight is 586 g/mol. The highest BCUT2D eigenvalue weighted by Gasteiger charge is 2.33. The van der Waals surface area contributed by atoms with Gasteiger partial charge in [0.1, 0.15) is 11.5 Å². The van der Waals surface area contributed by atoms with Crippen LogP contribution in [0.25, 0.3) is 0 Å². The van der Waals surface area contributed by atoms with E-state index in [9.17, 15) is 10.2 Å². The Bertz CT molecular complexity index is 655. The minimum absolute atomic E-state index is 0.202. The summed E-state index contributed by atoms with van der Waals surface area (Å²) in [4.78, 5) is 0. The van der Waals surface area contributed by atoms with E-state index in [1.165, 1.54) is 0 Å². The molecule has 24 heavy (non-hydrogen) atoms. The van der Waals surface area contributed by atoms with E-state index in [1.54, 1.807) is 0 Å². The molecule has 130 valence electrons. The Kier molecular flexibility index (Phi) is 6.85. The third-order valence-electron chi connectivity index (χ3n) is 4.42. The zero-order chi connectivity index (χ0) is 18.1. The van der Waals surface area contributed by atoms with Crippen LogP contribution in [0.1, 0.15) is 44.2 Å². The molecule has 0 amide bonds. The summed E-state index contributed by atoms with van der Waals surface area (Å²) < 4.78 is 2.66. The number of halogens is 4. The maximum absolute atomic E-state index is 10.1. The van der Waals surface area contributed by atoms with Gasteiger partial charge in [0.15, 0.2) is 0 Å². The molecule has 2 N–H and O–H groups in total. The summed E-state index contributed by atoms with van der Waals surface area (Å²) in [6.45, 7) is 4.33. The zero-order valence-corrected chi connectivity index (χ0v) is 19.7. The first-order valence-electron chi connectivity index (χ1n) is 7.63. The number of rotatable bonds is 5. The first-order chi connectivity index (χ1) is 11.3. The van der Waals surface area contributed by atoms with Gasteiger partial charge in [-0.1, -0.05) is 20.3 Å². The predicted octanol–water partition coefficient (Wildman–Crippen LogP) is 7.64. The van der Waals surface area contributed by atoms with Crippen molar-refractivity contribution in [1.29, 1.82) is 0 Å². The van der Waals surface area contributed by atoms with Crippen molar-refractivity contribution in [3.8, 4) is 11.5 Å². The summed E-state index contributed by atoms with van der Waals surface area (Å²) in [5.41, 5.74) is 2.02. The SMILES string of the molecule is CCCC(CC)(c1cc(Br)c(O)c(Br)c1)c1cc(Br)c(O)c(Br)c1. The minimum atomic E-state index is -0.216. The number of phenolic OH excluding ortho intramolecular Hbond substituents is 2. The Morgan fingerprint density at radius 2 is 1.08 bits per heavy atom. The summed E-state index contributed by atoms with van der Waals surface area (Å²) in [6, 6.07) is 7.92. The molecule has 0 aromatic heterocycles. The Hall–Kier alpha value is -0.0400. The van der Waals surface area contributed by atoms with Crippen LogP contribution >= 0.6 is 63.7 Å². The summed E-state index contributed by atoms with van der Waals surface area (Å²) in [6.07, 6.45) is 2.87. The highest BCUT2D eigenvalue weighted by Crippen LogP contribution is 2.47. The van der Waals surface area contributed by atoms with Crippen molar-refractivity contribution in [3.63, 3.8) is 0 Å².